The molecule has 0 fully saturated rings. The highest BCUT2D eigenvalue weighted by Gasteiger charge is 2.17. The molecule has 0 atom stereocenters. The SMILES string of the molecule is O=C(Op1oc(=O)c2ccc(cc2)c(=O)o1)c1ccc(C(=O)Op2oc(=O)c3ccc(cc3)c(=O)o2)cc1. The van der Waals surface area contributed by atoms with E-state index in [1.165, 1.54) is 72.8 Å². The maximum atomic E-state index is 12.6. The Morgan fingerprint density at radius 1 is 0.447 bits per heavy atom. The smallest absolute Gasteiger partial charge is 0.351 e. The molecule has 0 radical (unpaired) electrons. The van der Waals surface area contributed by atoms with E-state index in [1.54, 1.807) is 0 Å². The van der Waals surface area contributed by atoms with Crippen LogP contribution in [-0.2, 0) is 0 Å². The van der Waals surface area contributed by atoms with E-state index in [4.69, 9.17) is 25.8 Å². The molecular formula is C24H12O12P2. The first kappa shape index (κ1) is 24.8. The quantitative estimate of drug-likeness (QED) is 0.317. The Labute approximate surface area is 211 Å². The number of hydrogen-bond donors (Lipinski definition) is 0. The molecule has 7 aromatic rings. The van der Waals surface area contributed by atoms with Gasteiger partial charge >= 0.3 is 50.9 Å². The minimum absolute atomic E-state index is 0.0805. The van der Waals surface area contributed by atoms with Gasteiger partial charge in [0.05, 0.1) is 32.7 Å². The van der Waals surface area contributed by atoms with Gasteiger partial charge in [0, 0.05) is 0 Å². The molecule has 4 aromatic heterocycles. The largest absolute Gasteiger partial charge is 0.461 e. The maximum absolute atomic E-state index is 12.6. The van der Waals surface area contributed by atoms with E-state index in [1.807, 2.05) is 0 Å². The summed E-state index contributed by atoms with van der Waals surface area (Å²) in [7, 11) is -5.42. The molecule has 0 spiro atoms. The van der Waals surface area contributed by atoms with Gasteiger partial charge in [-0.25, -0.2) is 28.8 Å². The molecule has 0 unspecified atom stereocenters. The molecule has 0 saturated heterocycles. The van der Waals surface area contributed by atoms with E-state index in [2.05, 4.69) is 0 Å². The average Bonchev–Trinajstić information content (AvgIpc) is 3.06. The van der Waals surface area contributed by atoms with Crippen LogP contribution in [0.1, 0.15) is 20.7 Å². The summed E-state index contributed by atoms with van der Waals surface area (Å²) < 4.78 is 30.1. The van der Waals surface area contributed by atoms with E-state index in [9.17, 15) is 28.8 Å². The van der Waals surface area contributed by atoms with Gasteiger partial charge in [-0.05, 0) is 72.8 Å². The first-order chi connectivity index (χ1) is 18.3. The van der Waals surface area contributed by atoms with Crippen LogP contribution < -0.4 is 31.5 Å². The van der Waals surface area contributed by atoms with Gasteiger partial charge in [0.1, 0.15) is 0 Å². The molecule has 38 heavy (non-hydrogen) atoms. The van der Waals surface area contributed by atoms with Crippen molar-refractivity contribution in [3.05, 3.63) is 126 Å². The summed E-state index contributed by atoms with van der Waals surface area (Å²) in [5.41, 5.74) is -3.58. The zero-order valence-electron chi connectivity index (χ0n) is 18.7. The first-order valence-electron chi connectivity index (χ1n) is 10.5. The minimum atomic E-state index is -2.71. The topological polar surface area (TPSA) is 173 Å². The van der Waals surface area contributed by atoms with Crippen LogP contribution >= 0.6 is 16.5 Å². The number of fused-ring (bicyclic) bond motifs is 12. The van der Waals surface area contributed by atoms with Gasteiger partial charge < -0.3 is 25.8 Å². The van der Waals surface area contributed by atoms with Crippen LogP contribution in [-0.4, -0.2) is 11.9 Å². The van der Waals surface area contributed by atoms with Gasteiger partial charge in [-0.1, -0.05) is 0 Å². The lowest BCUT2D eigenvalue weighted by molar-refractivity contribution is 0.0774. The highest BCUT2D eigenvalue weighted by molar-refractivity contribution is 7.32. The number of rotatable bonds is 4. The molecule has 0 aliphatic carbocycles. The van der Waals surface area contributed by atoms with Gasteiger partial charge in [-0.15, -0.1) is 0 Å². The fourth-order valence-electron chi connectivity index (χ4n) is 3.06. The fourth-order valence-corrected chi connectivity index (χ4v) is 4.73. The zero-order chi connectivity index (χ0) is 26.8. The second-order valence-electron chi connectivity index (χ2n) is 7.45. The molecule has 0 aliphatic rings. The Morgan fingerprint density at radius 3 is 0.921 bits per heavy atom. The van der Waals surface area contributed by atoms with Crippen molar-refractivity contribution in [1.82, 2.24) is 0 Å². The van der Waals surface area contributed by atoms with Crippen molar-refractivity contribution in [1.29, 1.82) is 0 Å². The van der Waals surface area contributed by atoms with Crippen LogP contribution in [0.15, 0.2) is 109 Å². The van der Waals surface area contributed by atoms with Crippen LogP contribution in [0.4, 0.5) is 0 Å². The Morgan fingerprint density at radius 2 is 0.684 bits per heavy atom. The number of hydrogen-bond acceptors (Lipinski definition) is 12. The fraction of sp³-hybridized carbons (Fsp3) is 0. The summed E-state index contributed by atoms with van der Waals surface area (Å²) >= 11 is 0. The normalized spacial score (nSPS) is 10.7. The Hall–Kier alpha value is -4.92. The highest BCUT2D eigenvalue weighted by Crippen LogP contribution is 2.22. The Bertz CT molecular complexity index is 1710. The Kier molecular flexibility index (Phi) is 6.66. The molecule has 14 heteroatoms. The van der Waals surface area contributed by atoms with Gasteiger partial charge in [-0.2, -0.15) is 0 Å². The van der Waals surface area contributed by atoms with E-state index >= 15 is 0 Å². The predicted octanol–water partition coefficient (Wildman–Crippen LogP) is 3.44. The van der Waals surface area contributed by atoms with E-state index in [-0.39, 0.29) is 32.7 Å². The summed E-state index contributed by atoms with van der Waals surface area (Å²) in [4.78, 5) is 73.8. The molecule has 0 amide bonds. The van der Waals surface area contributed by atoms with Crippen molar-refractivity contribution in [3.8, 4) is 0 Å². The number of carbonyl (C=O) groups excluding carboxylic acids is 2. The Balaban J connectivity index is 1.38. The standard InChI is InChI=1S/C24H12O12P2/c25-19(31-37-33-21(27)15-5-6-16(8-7-15)22(28)34-37)13-1-2-14(4-3-13)20(26)32-38-35-23(29)17-9-10-18(12-11-17)24(30)36-38/h1-12H. The van der Waals surface area contributed by atoms with Crippen molar-refractivity contribution in [3.63, 3.8) is 0 Å². The van der Waals surface area contributed by atoms with Crippen molar-refractivity contribution in [2.75, 3.05) is 0 Å². The number of carbonyl (C=O) groups is 2. The van der Waals surface area contributed by atoms with E-state index in [0.717, 1.165) is 0 Å². The summed E-state index contributed by atoms with van der Waals surface area (Å²) in [5, 5.41) is 0.532. The molecule has 0 aliphatic heterocycles. The summed E-state index contributed by atoms with van der Waals surface area (Å²) in [6, 6.07) is 15.7. The molecule has 3 aromatic carbocycles. The monoisotopic (exact) mass is 554 g/mol. The summed E-state index contributed by atoms with van der Waals surface area (Å²) in [5.74, 6) is -2.01. The third-order valence-electron chi connectivity index (χ3n) is 5.01. The average molecular weight is 554 g/mol. The number of benzene rings is 3. The lowest BCUT2D eigenvalue weighted by Gasteiger charge is -2.02. The molecule has 190 valence electrons. The predicted molar refractivity (Wildman–Crippen MR) is 133 cm³/mol. The highest BCUT2D eigenvalue weighted by atomic mass is 31.1. The first-order valence-corrected chi connectivity index (χ1v) is 12.7. The zero-order valence-corrected chi connectivity index (χ0v) is 20.5. The van der Waals surface area contributed by atoms with Crippen LogP contribution in [0.25, 0.3) is 21.5 Å². The van der Waals surface area contributed by atoms with Gasteiger partial charge in [0.15, 0.2) is 0 Å². The van der Waals surface area contributed by atoms with Crippen molar-refractivity contribution < 1.29 is 35.4 Å². The lowest BCUT2D eigenvalue weighted by atomic mass is 10.1. The third-order valence-corrected chi connectivity index (χ3v) is 6.90. The summed E-state index contributed by atoms with van der Waals surface area (Å²) in [6.07, 6.45) is 0. The third kappa shape index (κ3) is 5.27. The van der Waals surface area contributed by atoms with Crippen molar-refractivity contribution in [2.45, 2.75) is 0 Å². The second kappa shape index (κ2) is 10.2. The molecule has 0 N–H and O–H groups in total. The molecule has 4 heterocycles. The molecular weight excluding hydrogens is 542 g/mol. The molecule has 7 rings (SSSR count). The van der Waals surface area contributed by atoms with Crippen LogP contribution in [0.3, 0.4) is 0 Å². The summed E-state index contributed by atoms with van der Waals surface area (Å²) in [6.45, 7) is 0. The molecule has 12 nitrogen and oxygen atoms in total. The van der Waals surface area contributed by atoms with Gasteiger partial charge in [0.25, 0.3) is 0 Å². The molecule has 0 saturated carbocycles. The van der Waals surface area contributed by atoms with Crippen molar-refractivity contribution in [2.24, 2.45) is 0 Å². The van der Waals surface area contributed by atoms with Gasteiger partial charge in [-0.3, -0.25) is 0 Å². The maximum Gasteiger partial charge on any atom is 0.461 e. The van der Waals surface area contributed by atoms with Crippen LogP contribution in [0, 0.1) is 0 Å². The van der Waals surface area contributed by atoms with E-state index in [0.29, 0.717) is 0 Å². The second-order valence-corrected chi connectivity index (χ2v) is 9.44. The minimum Gasteiger partial charge on any atom is -0.351 e. The van der Waals surface area contributed by atoms with Gasteiger partial charge in [0.2, 0.25) is 0 Å². The van der Waals surface area contributed by atoms with E-state index < -0.39 is 50.9 Å². The molecule has 4 bridgehead atoms. The lowest BCUT2D eigenvalue weighted by Crippen LogP contribution is -2.11. The van der Waals surface area contributed by atoms with Crippen LogP contribution in [0.5, 0.6) is 0 Å². The van der Waals surface area contributed by atoms with Crippen LogP contribution in [0.2, 0.25) is 0 Å². The van der Waals surface area contributed by atoms with Crippen molar-refractivity contribution >= 4 is 50.0 Å².